The van der Waals surface area contributed by atoms with E-state index in [4.69, 9.17) is 14.6 Å². The van der Waals surface area contributed by atoms with Gasteiger partial charge in [-0.1, -0.05) is 55.5 Å². The van der Waals surface area contributed by atoms with Crippen LogP contribution in [0.15, 0.2) is 36.4 Å². The molecule has 2 rings (SSSR count). The standard InChI is InChI=1S/C15H16O4S/c1-10(2)13-8-12(14(20-13)19-15(16)17)18-9-11-6-4-3-5-7-11/h3-8,10H,9H2,1-2H3,(H,16,17). The van der Waals surface area contributed by atoms with E-state index in [-0.39, 0.29) is 5.06 Å². The fourth-order valence-corrected chi connectivity index (χ4v) is 2.59. The van der Waals surface area contributed by atoms with E-state index in [0.29, 0.717) is 18.3 Å². The van der Waals surface area contributed by atoms with Gasteiger partial charge >= 0.3 is 6.16 Å². The van der Waals surface area contributed by atoms with Crippen molar-refractivity contribution in [2.75, 3.05) is 0 Å². The van der Waals surface area contributed by atoms with E-state index < -0.39 is 6.16 Å². The van der Waals surface area contributed by atoms with Gasteiger partial charge in [0.2, 0.25) is 5.06 Å². The van der Waals surface area contributed by atoms with Crippen molar-refractivity contribution in [3.8, 4) is 10.8 Å². The van der Waals surface area contributed by atoms with Gasteiger partial charge in [-0.3, -0.25) is 0 Å². The molecule has 0 aliphatic heterocycles. The van der Waals surface area contributed by atoms with Crippen molar-refractivity contribution >= 4 is 17.5 Å². The Hall–Kier alpha value is -2.01. The Bertz CT molecular complexity index is 575. The van der Waals surface area contributed by atoms with Crippen LogP contribution in [-0.2, 0) is 6.61 Å². The van der Waals surface area contributed by atoms with Gasteiger partial charge in [0.25, 0.3) is 0 Å². The molecule has 2 aromatic rings. The molecule has 0 radical (unpaired) electrons. The molecule has 1 N–H and O–H groups in total. The number of ether oxygens (including phenoxy) is 2. The number of rotatable bonds is 5. The van der Waals surface area contributed by atoms with Gasteiger partial charge in [0.1, 0.15) is 6.61 Å². The summed E-state index contributed by atoms with van der Waals surface area (Å²) in [5.74, 6) is 0.773. The third-order valence-corrected chi connectivity index (χ3v) is 3.97. The summed E-state index contributed by atoms with van der Waals surface area (Å²) in [5.41, 5.74) is 1.02. The molecule has 4 nitrogen and oxygen atoms in total. The van der Waals surface area contributed by atoms with Gasteiger partial charge in [-0.15, -0.1) is 0 Å². The highest BCUT2D eigenvalue weighted by atomic mass is 32.1. The molecular weight excluding hydrogens is 276 g/mol. The fourth-order valence-electron chi connectivity index (χ4n) is 1.65. The summed E-state index contributed by atoms with van der Waals surface area (Å²) in [4.78, 5) is 11.7. The molecule has 0 saturated carbocycles. The van der Waals surface area contributed by atoms with Gasteiger partial charge in [-0.25, -0.2) is 4.79 Å². The van der Waals surface area contributed by atoms with Crippen molar-refractivity contribution in [3.63, 3.8) is 0 Å². The van der Waals surface area contributed by atoms with Crippen LogP contribution in [0.4, 0.5) is 4.79 Å². The Labute approximate surface area is 121 Å². The molecule has 1 heterocycles. The summed E-state index contributed by atoms with van der Waals surface area (Å²) in [6, 6.07) is 11.5. The van der Waals surface area contributed by atoms with Crippen molar-refractivity contribution < 1.29 is 19.4 Å². The summed E-state index contributed by atoms with van der Waals surface area (Å²) in [5, 5.41) is 9.04. The SMILES string of the molecule is CC(C)c1cc(OCc2ccccc2)c(OC(=O)O)s1. The van der Waals surface area contributed by atoms with E-state index in [1.807, 2.05) is 50.2 Å². The second kappa shape index (κ2) is 6.43. The summed E-state index contributed by atoms with van der Waals surface area (Å²) in [6.45, 7) is 4.46. The molecule has 106 valence electrons. The van der Waals surface area contributed by atoms with E-state index in [9.17, 15) is 4.79 Å². The van der Waals surface area contributed by atoms with Crippen molar-refractivity contribution in [2.45, 2.75) is 26.4 Å². The lowest BCUT2D eigenvalue weighted by molar-refractivity contribution is 0.143. The first-order valence-corrected chi connectivity index (χ1v) is 7.09. The zero-order valence-corrected chi connectivity index (χ0v) is 12.1. The molecule has 0 saturated heterocycles. The van der Waals surface area contributed by atoms with Crippen LogP contribution in [-0.4, -0.2) is 11.3 Å². The van der Waals surface area contributed by atoms with Crippen LogP contribution < -0.4 is 9.47 Å². The lowest BCUT2D eigenvalue weighted by atomic mass is 10.2. The van der Waals surface area contributed by atoms with Crippen LogP contribution in [0.5, 0.6) is 10.8 Å². The third-order valence-electron chi connectivity index (χ3n) is 2.67. The van der Waals surface area contributed by atoms with Gasteiger partial charge in [0.05, 0.1) is 0 Å². The maximum atomic E-state index is 10.7. The highest BCUT2D eigenvalue weighted by Gasteiger charge is 2.16. The second-order valence-electron chi connectivity index (χ2n) is 4.60. The lowest BCUT2D eigenvalue weighted by Gasteiger charge is -2.05. The van der Waals surface area contributed by atoms with Crippen molar-refractivity contribution in [3.05, 3.63) is 46.8 Å². The normalized spacial score (nSPS) is 10.6. The minimum atomic E-state index is -1.33. The molecule has 0 fully saturated rings. The monoisotopic (exact) mass is 292 g/mol. The quantitative estimate of drug-likeness (QED) is 0.824. The van der Waals surface area contributed by atoms with Gasteiger partial charge < -0.3 is 14.6 Å². The molecule has 0 unspecified atom stereocenters. The number of benzene rings is 1. The summed E-state index contributed by atoms with van der Waals surface area (Å²) < 4.78 is 10.5. The van der Waals surface area contributed by atoms with E-state index in [1.54, 1.807) is 0 Å². The lowest BCUT2D eigenvalue weighted by Crippen LogP contribution is -2.03. The molecule has 20 heavy (non-hydrogen) atoms. The zero-order valence-electron chi connectivity index (χ0n) is 11.3. The Morgan fingerprint density at radius 3 is 2.60 bits per heavy atom. The maximum Gasteiger partial charge on any atom is 0.512 e. The third kappa shape index (κ3) is 3.74. The predicted molar refractivity (Wildman–Crippen MR) is 77.8 cm³/mol. The molecule has 0 bridgehead atoms. The first-order chi connectivity index (χ1) is 9.56. The van der Waals surface area contributed by atoms with Gasteiger partial charge in [0, 0.05) is 4.88 Å². The van der Waals surface area contributed by atoms with E-state index in [1.165, 1.54) is 11.3 Å². The minimum absolute atomic E-state index is 0.289. The van der Waals surface area contributed by atoms with Gasteiger partial charge in [-0.2, -0.15) is 0 Å². The fraction of sp³-hybridized carbons (Fsp3) is 0.267. The molecule has 1 aromatic heterocycles. The highest BCUT2D eigenvalue weighted by Crippen LogP contribution is 2.40. The Morgan fingerprint density at radius 1 is 1.30 bits per heavy atom. The highest BCUT2D eigenvalue weighted by molar-refractivity contribution is 7.14. The zero-order chi connectivity index (χ0) is 14.5. The smallest absolute Gasteiger partial charge is 0.484 e. The average molecular weight is 292 g/mol. The maximum absolute atomic E-state index is 10.7. The number of carboxylic acid groups (broad SMARTS) is 1. The predicted octanol–water partition coefficient (Wildman–Crippen LogP) is 4.51. The topological polar surface area (TPSA) is 55.8 Å². The largest absolute Gasteiger partial charge is 0.512 e. The summed E-state index contributed by atoms with van der Waals surface area (Å²) in [7, 11) is 0. The van der Waals surface area contributed by atoms with Crippen LogP contribution in [0.1, 0.15) is 30.2 Å². The van der Waals surface area contributed by atoms with Crippen molar-refractivity contribution in [2.24, 2.45) is 0 Å². The van der Waals surface area contributed by atoms with Crippen molar-refractivity contribution in [1.29, 1.82) is 0 Å². The summed E-state index contributed by atoms with van der Waals surface area (Å²) in [6.07, 6.45) is -1.33. The van der Waals surface area contributed by atoms with Crippen LogP contribution in [0.2, 0.25) is 0 Å². The van der Waals surface area contributed by atoms with E-state index in [0.717, 1.165) is 10.4 Å². The number of hydrogen-bond donors (Lipinski definition) is 1. The van der Waals surface area contributed by atoms with E-state index >= 15 is 0 Å². The van der Waals surface area contributed by atoms with Crippen LogP contribution in [0.3, 0.4) is 0 Å². The van der Waals surface area contributed by atoms with Crippen LogP contribution in [0, 0.1) is 0 Å². The molecule has 1 aromatic carbocycles. The average Bonchev–Trinajstić information content (AvgIpc) is 2.80. The molecule has 0 amide bonds. The van der Waals surface area contributed by atoms with Gasteiger partial charge in [0.15, 0.2) is 5.75 Å². The molecule has 0 spiro atoms. The second-order valence-corrected chi connectivity index (χ2v) is 5.64. The van der Waals surface area contributed by atoms with Crippen molar-refractivity contribution in [1.82, 2.24) is 0 Å². The van der Waals surface area contributed by atoms with Crippen LogP contribution >= 0.6 is 11.3 Å². The first kappa shape index (κ1) is 14.4. The Kier molecular flexibility index (Phi) is 4.63. The minimum Gasteiger partial charge on any atom is -0.484 e. The Balaban J connectivity index is 2.14. The molecule has 0 atom stereocenters. The molecule has 5 heteroatoms. The van der Waals surface area contributed by atoms with Crippen LogP contribution in [0.25, 0.3) is 0 Å². The Morgan fingerprint density at radius 2 is 2.00 bits per heavy atom. The number of hydrogen-bond acceptors (Lipinski definition) is 4. The molecular formula is C15H16O4S. The number of thiophene rings is 1. The molecule has 0 aliphatic rings. The van der Waals surface area contributed by atoms with Gasteiger partial charge in [-0.05, 0) is 17.5 Å². The molecule has 0 aliphatic carbocycles. The number of carbonyl (C=O) groups is 1. The summed E-state index contributed by atoms with van der Waals surface area (Å²) >= 11 is 1.30. The first-order valence-electron chi connectivity index (χ1n) is 6.27. The van der Waals surface area contributed by atoms with E-state index in [2.05, 4.69) is 0 Å².